The lowest BCUT2D eigenvalue weighted by molar-refractivity contribution is -0.136. The summed E-state index contributed by atoms with van der Waals surface area (Å²) in [5, 5.41) is 12.1. The van der Waals surface area contributed by atoms with Crippen LogP contribution in [0.1, 0.15) is 30.7 Å². The van der Waals surface area contributed by atoms with Crippen LogP contribution >= 0.6 is 0 Å². The van der Waals surface area contributed by atoms with E-state index in [0.29, 0.717) is 13.1 Å². The van der Waals surface area contributed by atoms with Crippen molar-refractivity contribution in [2.75, 3.05) is 19.6 Å². The fraction of sp³-hybridized carbons (Fsp3) is 0.412. The number of carboxylic acid groups (broad SMARTS) is 1. The van der Waals surface area contributed by atoms with E-state index in [-0.39, 0.29) is 30.7 Å². The molecule has 2 aromatic rings. The second-order valence-electron chi connectivity index (χ2n) is 6.07. The fourth-order valence-corrected chi connectivity index (χ4v) is 3.23. The van der Waals surface area contributed by atoms with Crippen molar-refractivity contribution in [2.24, 2.45) is 0 Å². The van der Waals surface area contributed by atoms with Gasteiger partial charge < -0.3 is 20.3 Å². The van der Waals surface area contributed by atoms with Gasteiger partial charge in [0.2, 0.25) is 0 Å². The van der Waals surface area contributed by atoms with Gasteiger partial charge >= 0.3 is 12.0 Å². The van der Waals surface area contributed by atoms with Crippen LogP contribution in [0, 0.1) is 5.82 Å². The maximum Gasteiger partial charge on any atom is 0.317 e. The minimum absolute atomic E-state index is 0.0802. The lowest BCUT2D eigenvalue weighted by Gasteiger charge is -2.32. The number of fused-ring (bicyclic) bond motifs is 1. The van der Waals surface area contributed by atoms with Crippen LogP contribution in [0.5, 0.6) is 0 Å². The number of likely N-dealkylation sites (tertiary alicyclic amines) is 1. The van der Waals surface area contributed by atoms with Crippen LogP contribution in [0.3, 0.4) is 0 Å². The number of nitrogens with zero attached hydrogens (tertiary/aromatic N) is 1. The van der Waals surface area contributed by atoms with E-state index in [1.807, 2.05) is 6.20 Å². The zero-order valence-electron chi connectivity index (χ0n) is 13.2. The van der Waals surface area contributed by atoms with Crippen molar-refractivity contribution in [2.45, 2.75) is 25.2 Å². The van der Waals surface area contributed by atoms with Gasteiger partial charge in [0.15, 0.2) is 0 Å². The van der Waals surface area contributed by atoms with E-state index in [4.69, 9.17) is 5.11 Å². The molecular formula is C17H20FN3O3. The summed E-state index contributed by atoms with van der Waals surface area (Å²) in [6, 6.07) is 4.50. The van der Waals surface area contributed by atoms with Crippen LogP contribution in [0.15, 0.2) is 24.4 Å². The van der Waals surface area contributed by atoms with Crippen LogP contribution < -0.4 is 5.32 Å². The molecule has 1 aromatic heterocycles. The molecule has 1 aliphatic rings. The standard InChI is InChI=1S/C17H20FN3O3/c18-12-1-2-15-13(9-12)14(10-20-15)11-4-7-21(8-5-11)17(24)19-6-3-16(22)23/h1-2,9-11,20H,3-8H2,(H,19,24)(H,22,23). The summed E-state index contributed by atoms with van der Waals surface area (Å²) in [5.74, 6) is -0.900. The number of carboxylic acids is 1. The van der Waals surface area contributed by atoms with Crippen molar-refractivity contribution in [1.82, 2.24) is 15.2 Å². The first-order valence-electron chi connectivity index (χ1n) is 8.05. The molecule has 24 heavy (non-hydrogen) atoms. The predicted molar refractivity (Wildman–Crippen MR) is 87.5 cm³/mol. The topological polar surface area (TPSA) is 85.4 Å². The Labute approximate surface area is 138 Å². The van der Waals surface area contributed by atoms with Crippen LogP contribution in [0.2, 0.25) is 0 Å². The highest BCUT2D eigenvalue weighted by Crippen LogP contribution is 2.33. The lowest BCUT2D eigenvalue weighted by Crippen LogP contribution is -2.44. The van der Waals surface area contributed by atoms with Crippen LogP contribution in [0.25, 0.3) is 10.9 Å². The summed E-state index contributed by atoms with van der Waals surface area (Å²) in [6.45, 7) is 1.34. The number of hydrogen-bond acceptors (Lipinski definition) is 2. The first-order chi connectivity index (χ1) is 11.5. The van der Waals surface area contributed by atoms with Gasteiger partial charge in [-0.2, -0.15) is 0 Å². The molecule has 0 aliphatic carbocycles. The zero-order valence-corrected chi connectivity index (χ0v) is 13.2. The molecule has 6 nitrogen and oxygen atoms in total. The molecule has 0 atom stereocenters. The lowest BCUT2D eigenvalue weighted by atomic mass is 9.89. The van der Waals surface area contributed by atoms with Gasteiger partial charge in [0.1, 0.15) is 5.82 Å². The maximum atomic E-state index is 13.5. The molecule has 3 rings (SSSR count). The molecule has 1 fully saturated rings. The van der Waals surface area contributed by atoms with E-state index in [2.05, 4.69) is 10.3 Å². The molecular weight excluding hydrogens is 313 g/mol. The molecule has 1 aromatic carbocycles. The number of halogens is 1. The molecule has 1 saturated heterocycles. The number of aromatic amines is 1. The zero-order chi connectivity index (χ0) is 17.1. The molecule has 0 radical (unpaired) electrons. The summed E-state index contributed by atoms with van der Waals surface area (Å²) in [7, 11) is 0. The number of carbonyl (C=O) groups excluding carboxylic acids is 1. The number of amides is 2. The third kappa shape index (κ3) is 3.50. The summed E-state index contributed by atoms with van der Waals surface area (Å²) in [4.78, 5) is 27.3. The Hall–Kier alpha value is -2.57. The summed E-state index contributed by atoms with van der Waals surface area (Å²) < 4.78 is 13.5. The third-order valence-corrected chi connectivity index (χ3v) is 4.51. The largest absolute Gasteiger partial charge is 0.481 e. The van der Waals surface area contributed by atoms with Crippen molar-refractivity contribution in [3.05, 3.63) is 35.8 Å². The van der Waals surface area contributed by atoms with Crippen LogP contribution in [-0.2, 0) is 4.79 Å². The summed E-state index contributed by atoms with van der Waals surface area (Å²) in [6.07, 6.45) is 3.45. The molecule has 0 unspecified atom stereocenters. The smallest absolute Gasteiger partial charge is 0.317 e. The molecule has 7 heteroatoms. The van der Waals surface area contributed by atoms with Gasteiger partial charge in [-0.05, 0) is 42.5 Å². The number of benzene rings is 1. The minimum Gasteiger partial charge on any atom is -0.481 e. The van der Waals surface area contributed by atoms with Gasteiger partial charge in [-0.3, -0.25) is 4.79 Å². The van der Waals surface area contributed by atoms with E-state index < -0.39 is 5.97 Å². The van der Waals surface area contributed by atoms with Crippen molar-refractivity contribution < 1.29 is 19.1 Å². The fourth-order valence-electron chi connectivity index (χ4n) is 3.23. The highest BCUT2D eigenvalue weighted by Gasteiger charge is 2.25. The van der Waals surface area contributed by atoms with Gasteiger partial charge in [0, 0.05) is 36.7 Å². The Bertz CT molecular complexity index is 751. The number of H-pyrrole nitrogens is 1. The maximum absolute atomic E-state index is 13.5. The Balaban J connectivity index is 1.59. The van der Waals surface area contributed by atoms with E-state index in [1.165, 1.54) is 6.07 Å². The molecule has 0 spiro atoms. The Morgan fingerprint density at radius 3 is 2.79 bits per heavy atom. The van der Waals surface area contributed by atoms with Crippen molar-refractivity contribution in [3.63, 3.8) is 0 Å². The normalized spacial score (nSPS) is 15.6. The number of aromatic nitrogens is 1. The SMILES string of the molecule is O=C(O)CCNC(=O)N1CCC(c2c[nH]c3ccc(F)cc23)CC1. The van der Waals surface area contributed by atoms with E-state index in [9.17, 15) is 14.0 Å². The van der Waals surface area contributed by atoms with Crippen LogP contribution in [-0.4, -0.2) is 46.6 Å². The van der Waals surface area contributed by atoms with Gasteiger partial charge in [0.25, 0.3) is 0 Å². The summed E-state index contributed by atoms with van der Waals surface area (Å²) in [5.41, 5.74) is 2.01. The van der Waals surface area contributed by atoms with E-state index in [1.54, 1.807) is 17.0 Å². The molecule has 2 heterocycles. The van der Waals surface area contributed by atoms with Crippen molar-refractivity contribution >= 4 is 22.9 Å². The number of rotatable bonds is 4. The van der Waals surface area contributed by atoms with Crippen molar-refractivity contribution in [1.29, 1.82) is 0 Å². The van der Waals surface area contributed by atoms with Gasteiger partial charge in [-0.25, -0.2) is 9.18 Å². The molecule has 2 amide bonds. The highest BCUT2D eigenvalue weighted by atomic mass is 19.1. The Kier molecular flexibility index (Phi) is 4.69. The number of urea groups is 1. The Morgan fingerprint density at radius 1 is 1.33 bits per heavy atom. The minimum atomic E-state index is -0.930. The van der Waals surface area contributed by atoms with E-state index >= 15 is 0 Å². The number of carbonyl (C=O) groups is 2. The molecule has 128 valence electrons. The summed E-state index contributed by atoms with van der Waals surface area (Å²) >= 11 is 0. The number of aliphatic carboxylic acids is 1. The third-order valence-electron chi connectivity index (χ3n) is 4.51. The molecule has 3 N–H and O–H groups in total. The first kappa shape index (κ1) is 16.3. The average molecular weight is 333 g/mol. The number of nitrogens with one attached hydrogen (secondary N) is 2. The first-order valence-corrected chi connectivity index (χ1v) is 8.05. The highest BCUT2D eigenvalue weighted by molar-refractivity contribution is 5.84. The quantitative estimate of drug-likeness (QED) is 0.804. The number of piperidine rings is 1. The van der Waals surface area contributed by atoms with Gasteiger partial charge in [-0.15, -0.1) is 0 Å². The number of hydrogen-bond donors (Lipinski definition) is 3. The second kappa shape index (κ2) is 6.90. The van der Waals surface area contributed by atoms with E-state index in [0.717, 1.165) is 29.3 Å². The van der Waals surface area contributed by atoms with Gasteiger partial charge in [-0.1, -0.05) is 0 Å². The van der Waals surface area contributed by atoms with Gasteiger partial charge in [0.05, 0.1) is 6.42 Å². The molecule has 0 saturated carbocycles. The predicted octanol–water partition coefficient (Wildman–Crippen LogP) is 2.67. The Morgan fingerprint density at radius 2 is 2.08 bits per heavy atom. The van der Waals surface area contributed by atoms with Crippen molar-refractivity contribution in [3.8, 4) is 0 Å². The molecule has 1 aliphatic heterocycles. The van der Waals surface area contributed by atoms with Crippen LogP contribution in [0.4, 0.5) is 9.18 Å². The second-order valence-corrected chi connectivity index (χ2v) is 6.07. The monoisotopic (exact) mass is 333 g/mol. The molecule has 0 bridgehead atoms. The average Bonchev–Trinajstić information content (AvgIpc) is 2.97.